The van der Waals surface area contributed by atoms with Crippen LogP contribution in [0.25, 0.3) is 10.9 Å². The van der Waals surface area contributed by atoms with Gasteiger partial charge >= 0.3 is 12.2 Å². The predicted octanol–water partition coefficient (Wildman–Crippen LogP) is 4.11. The van der Waals surface area contributed by atoms with Gasteiger partial charge in [0.1, 0.15) is 23.1 Å². The minimum atomic E-state index is -1.33. The van der Waals surface area contributed by atoms with Gasteiger partial charge in [-0.25, -0.2) is 14.0 Å². The number of carbonyl (C=O) groups excluding carboxylic acids is 4. The molecule has 0 aliphatic carbocycles. The number of aromatic amines is 1. The van der Waals surface area contributed by atoms with Crippen LogP contribution in [0.15, 0.2) is 24.4 Å². The maximum absolute atomic E-state index is 13.5. The zero-order valence-corrected chi connectivity index (χ0v) is 22.9. The van der Waals surface area contributed by atoms with Gasteiger partial charge in [0, 0.05) is 23.5 Å². The van der Waals surface area contributed by atoms with E-state index in [1.165, 1.54) is 12.1 Å². The third-order valence-electron chi connectivity index (χ3n) is 5.34. The van der Waals surface area contributed by atoms with Gasteiger partial charge in [0.05, 0.1) is 6.04 Å². The zero-order chi connectivity index (χ0) is 28.7. The highest BCUT2D eigenvalue weighted by molar-refractivity contribution is 5.96. The number of nitrogens with one attached hydrogen (secondary N) is 2. The molecule has 2 aromatic rings. The van der Waals surface area contributed by atoms with E-state index < -0.39 is 47.2 Å². The number of nitrogens with two attached hydrogens (primary N) is 1. The number of nitrogens with zero attached hydrogens (tertiary/aromatic N) is 1. The molecule has 0 saturated carbocycles. The Bertz CT molecular complexity index is 1110. The normalized spacial score (nSPS) is 13.5. The van der Waals surface area contributed by atoms with Gasteiger partial charge in [-0.2, -0.15) is 4.90 Å². The molecule has 1 aromatic carbocycles. The summed E-state index contributed by atoms with van der Waals surface area (Å²) in [7, 11) is 0. The average Bonchev–Trinajstić information content (AvgIpc) is 3.16. The lowest BCUT2D eigenvalue weighted by atomic mass is 10.0. The van der Waals surface area contributed by atoms with Gasteiger partial charge in [-0.3, -0.25) is 9.59 Å². The molecule has 1 unspecified atom stereocenters. The van der Waals surface area contributed by atoms with Gasteiger partial charge < -0.3 is 25.5 Å². The van der Waals surface area contributed by atoms with Gasteiger partial charge in [-0.1, -0.05) is 0 Å². The van der Waals surface area contributed by atoms with E-state index in [1.54, 1.807) is 60.1 Å². The molecule has 1 radical (unpaired) electrons. The van der Waals surface area contributed by atoms with Gasteiger partial charge in [-0.05, 0) is 91.1 Å². The van der Waals surface area contributed by atoms with Crippen LogP contribution < -0.4 is 11.1 Å². The zero-order valence-electron chi connectivity index (χ0n) is 22.9. The highest BCUT2D eigenvalue weighted by Gasteiger charge is 2.40. The largest absolute Gasteiger partial charge is 0.443 e. The highest BCUT2D eigenvalue weighted by atomic mass is 19.1. The molecule has 3 amide bonds. The van der Waals surface area contributed by atoms with Crippen molar-refractivity contribution < 1.29 is 33.0 Å². The SMILES string of the molecule is CC(C)(C)OC(=O)N(C(=O)OC(C)(C)C)[C@@H](CCCCN)C(=O)NC([C]=O)Cc1c[nH]c2cc(F)ccc12. The van der Waals surface area contributed by atoms with Crippen LogP contribution in [-0.4, -0.2) is 64.1 Å². The number of benzene rings is 1. The van der Waals surface area contributed by atoms with Crippen molar-refractivity contribution in [3.05, 3.63) is 35.8 Å². The number of ether oxygens (including phenoxy) is 2. The fourth-order valence-electron chi connectivity index (χ4n) is 3.75. The molecule has 0 saturated heterocycles. The van der Waals surface area contributed by atoms with Crippen LogP contribution in [0.2, 0.25) is 0 Å². The number of halogens is 1. The van der Waals surface area contributed by atoms with Gasteiger partial charge in [0.2, 0.25) is 12.2 Å². The number of rotatable bonds is 10. The Balaban J connectivity index is 2.35. The Morgan fingerprint density at radius 2 is 1.68 bits per heavy atom. The number of unbranched alkanes of at least 4 members (excludes halogenated alkanes) is 1. The lowest BCUT2D eigenvalue weighted by molar-refractivity contribution is -0.127. The minimum Gasteiger partial charge on any atom is -0.443 e. The van der Waals surface area contributed by atoms with Gasteiger partial charge in [0.25, 0.3) is 0 Å². The number of hydrogen-bond donors (Lipinski definition) is 3. The van der Waals surface area contributed by atoms with Crippen LogP contribution in [0.5, 0.6) is 0 Å². The number of carbonyl (C=O) groups is 3. The van der Waals surface area contributed by atoms with Crippen molar-refractivity contribution in [1.82, 2.24) is 15.2 Å². The number of aromatic nitrogens is 1. The molecule has 2 atom stereocenters. The van der Waals surface area contributed by atoms with Crippen LogP contribution in [0.4, 0.5) is 14.0 Å². The summed E-state index contributed by atoms with van der Waals surface area (Å²) in [5, 5.41) is 3.27. The van der Waals surface area contributed by atoms with Crippen molar-refractivity contribution in [3.8, 4) is 0 Å². The lowest BCUT2D eigenvalue weighted by Crippen LogP contribution is -2.56. The van der Waals surface area contributed by atoms with E-state index >= 15 is 0 Å². The molecule has 10 nitrogen and oxygen atoms in total. The Morgan fingerprint density at radius 3 is 2.21 bits per heavy atom. The third-order valence-corrected chi connectivity index (χ3v) is 5.34. The predicted molar refractivity (Wildman–Crippen MR) is 141 cm³/mol. The van der Waals surface area contributed by atoms with E-state index in [4.69, 9.17) is 15.2 Å². The Morgan fingerprint density at radius 1 is 1.08 bits per heavy atom. The molecule has 38 heavy (non-hydrogen) atoms. The van der Waals surface area contributed by atoms with Crippen molar-refractivity contribution in [1.29, 1.82) is 0 Å². The Hall–Kier alpha value is -3.47. The number of hydrogen-bond acceptors (Lipinski definition) is 7. The Kier molecular flexibility index (Phi) is 10.4. The second kappa shape index (κ2) is 12.9. The molecule has 2 rings (SSSR count). The first-order valence-electron chi connectivity index (χ1n) is 12.5. The molecule has 11 heteroatoms. The van der Waals surface area contributed by atoms with Crippen molar-refractivity contribution >= 4 is 35.3 Å². The average molecular weight is 534 g/mol. The quantitative estimate of drug-likeness (QED) is 0.390. The number of amides is 3. The fraction of sp³-hybridized carbons (Fsp3) is 0.556. The summed E-state index contributed by atoms with van der Waals surface area (Å²) in [5.74, 6) is -1.17. The fourth-order valence-corrected chi connectivity index (χ4v) is 3.75. The molecule has 1 heterocycles. The molecule has 0 aliphatic rings. The summed E-state index contributed by atoms with van der Waals surface area (Å²) in [5.41, 5.74) is 4.90. The first-order valence-corrected chi connectivity index (χ1v) is 12.5. The molecule has 0 aliphatic heterocycles. The van der Waals surface area contributed by atoms with Crippen LogP contribution in [0.1, 0.15) is 66.4 Å². The standard InChI is InChI=1S/C27H38FN4O6/c1-26(2,3)37-24(35)32(25(36)38-27(4,5)6)22(9-7-8-12-29)23(34)31-19(16-33)13-17-15-30-21-14-18(28)10-11-20(17)21/h10-11,14-15,19,22,30H,7-9,12-13,29H2,1-6H3,(H,31,34)/t19?,22-/m0/s1. The summed E-state index contributed by atoms with van der Waals surface area (Å²) >= 11 is 0. The van der Waals surface area contributed by atoms with E-state index in [0.29, 0.717) is 40.8 Å². The van der Waals surface area contributed by atoms with Crippen molar-refractivity contribution in [3.63, 3.8) is 0 Å². The summed E-state index contributed by atoms with van der Waals surface area (Å²) in [4.78, 5) is 55.2. The maximum Gasteiger partial charge on any atom is 0.420 e. The van der Waals surface area contributed by atoms with Crippen LogP contribution in [0.3, 0.4) is 0 Å². The van der Waals surface area contributed by atoms with Gasteiger partial charge in [-0.15, -0.1) is 0 Å². The second-order valence-corrected chi connectivity index (χ2v) is 11.0. The number of imide groups is 1. The van der Waals surface area contributed by atoms with Crippen LogP contribution >= 0.6 is 0 Å². The molecule has 0 spiro atoms. The van der Waals surface area contributed by atoms with Gasteiger partial charge in [0.15, 0.2) is 0 Å². The van der Waals surface area contributed by atoms with Crippen molar-refractivity contribution in [2.45, 2.75) is 90.5 Å². The van der Waals surface area contributed by atoms with E-state index in [2.05, 4.69) is 10.3 Å². The van der Waals surface area contributed by atoms with Crippen molar-refractivity contribution in [2.24, 2.45) is 5.73 Å². The molecular weight excluding hydrogens is 495 g/mol. The van der Waals surface area contributed by atoms with Crippen LogP contribution in [0, 0.1) is 5.82 Å². The maximum atomic E-state index is 13.5. The molecule has 4 N–H and O–H groups in total. The smallest absolute Gasteiger partial charge is 0.420 e. The highest BCUT2D eigenvalue weighted by Crippen LogP contribution is 2.22. The molecule has 1 aromatic heterocycles. The molecule has 0 bridgehead atoms. The monoisotopic (exact) mass is 533 g/mol. The molecule has 0 fully saturated rings. The third kappa shape index (κ3) is 9.13. The van der Waals surface area contributed by atoms with Crippen LogP contribution in [-0.2, 0) is 25.5 Å². The summed E-state index contributed by atoms with van der Waals surface area (Å²) in [6.45, 7) is 10.1. The van der Waals surface area contributed by atoms with E-state index in [9.17, 15) is 23.6 Å². The summed E-state index contributed by atoms with van der Waals surface area (Å²) < 4.78 is 24.4. The molecular formula is C27H38FN4O6. The minimum absolute atomic E-state index is 0.0509. The topological polar surface area (TPSA) is 144 Å². The Labute approximate surface area is 222 Å². The van der Waals surface area contributed by atoms with E-state index in [1.807, 2.05) is 0 Å². The lowest BCUT2D eigenvalue weighted by Gasteiger charge is -2.33. The number of H-pyrrole nitrogens is 1. The molecule has 209 valence electrons. The second-order valence-electron chi connectivity index (χ2n) is 11.0. The van der Waals surface area contributed by atoms with E-state index in [-0.39, 0.29) is 12.8 Å². The first kappa shape index (κ1) is 30.8. The number of fused-ring (bicyclic) bond motifs is 1. The summed E-state index contributed by atoms with van der Waals surface area (Å²) in [6, 6.07) is 1.75. The summed E-state index contributed by atoms with van der Waals surface area (Å²) in [6.07, 6.45) is 2.39. The first-order chi connectivity index (χ1) is 17.6. The van der Waals surface area contributed by atoms with Crippen molar-refractivity contribution in [2.75, 3.05) is 6.54 Å². The van der Waals surface area contributed by atoms with E-state index in [0.717, 1.165) is 0 Å².